The second kappa shape index (κ2) is 6.24. The van der Waals surface area contributed by atoms with E-state index in [1.54, 1.807) is 6.26 Å². The molecule has 3 aliphatic rings. The van der Waals surface area contributed by atoms with Gasteiger partial charge in [0.1, 0.15) is 11.5 Å². The van der Waals surface area contributed by atoms with Crippen molar-refractivity contribution in [1.82, 2.24) is 10.2 Å². The number of fused-ring (bicyclic) bond motifs is 1. The van der Waals surface area contributed by atoms with Crippen molar-refractivity contribution in [2.75, 3.05) is 19.6 Å². The highest BCUT2D eigenvalue weighted by atomic mass is 16.5. The Labute approximate surface area is 158 Å². The van der Waals surface area contributed by atoms with Crippen molar-refractivity contribution in [3.63, 3.8) is 0 Å². The van der Waals surface area contributed by atoms with E-state index in [9.17, 15) is 4.79 Å². The third-order valence-corrected chi connectivity index (χ3v) is 6.60. The normalized spacial score (nSPS) is 32.1. The van der Waals surface area contributed by atoms with Crippen molar-refractivity contribution in [2.24, 2.45) is 11.8 Å². The third-order valence-electron chi connectivity index (χ3n) is 6.60. The molecule has 6 heteroatoms. The first-order valence-electron chi connectivity index (χ1n) is 9.82. The van der Waals surface area contributed by atoms with Gasteiger partial charge < -0.3 is 18.9 Å². The van der Waals surface area contributed by atoms with E-state index in [4.69, 9.17) is 13.6 Å². The van der Waals surface area contributed by atoms with Gasteiger partial charge in [0, 0.05) is 37.0 Å². The number of rotatable bonds is 5. The smallest absolute Gasteiger partial charge is 0.287 e. The molecule has 144 valence electrons. The van der Waals surface area contributed by atoms with E-state index < -0.39 is 0 Å². The highest BCUT2D eigenvalue weighted by Gasteiger charge is 2.62. The summed E-state index contributed by atoms with van der Waals surface area (Å²) in [7, 11) is 0. The summed E-state index contributed by atoms with van der Waals surface area (Å²) in [6.07, 6.45) is 4.04. The number of carbonyl (C=O) groups excluding carboxylic acids is 1. The first kappa shape index (κ1) is 17.1. The largest absolute Gasteiger partial charge is 0.465 e. The second-order valence-electron chi connectivity index (χ2n) is 8.35. The number of nitrogens with one attached hydrogen (secondary N) is 1. The maximum atomic E-state index is 12.4. The van der Waals surface area contributed by atoms with Gasteiger partial charge in [-0.05, 0) is 44.9 Å². The molecule has 2 aromatic rings. The molecule has 3 saturated heterocycles. The minimum atomic E-state index is -0.129. The van der Waals surface area contributed by atoms with Crippen LogP contribution in [0.2, 0.25) is 0 Å². The van der Waals surface area contributed by atoms with Crippen molar-refractivity contribution in [1.29, 1.82) is 0 Å². The molecule has 0 saturated carbocycles. The molecule has 0 radical (unpaired) electrons. The third kappa shape index (κ3) is 2.82. The van der Waals surface area contributed by atoms with Gasteiger partial charge in [-0.3, -0.25) is 9.69 Å². The summed E-state index contributed by atoms with van der Waals surface area (Å²) in [5.41, 5.74) is 0.830. The highest BCUT2D eigenvalue weighted by Crippen LogP contribution is 2.54. The van der Waals surface area contributed by atoms with Crippen LogP contribution < -0.4 is 5.32 Å². The monoisotopic (exact) mass is 370 g/mol. The van der Waals surface area contributed by atoms with Crippen LogP contribution in [-0.2, 0) is 11.3 Å². The van der Waals surface area contributed by atoms with Crippen molar-refractivity contribution < 1.29 is 18.4 Å². The van der Waals surface area contributed by atoms with E-state index in [0.717, 1.165) is 49.6 Å². The predicted octanol–water partition coefficient (Wildman–Crippen LogP) is 2.90. The van der Waals surface area contributed by atoms with Crippen LogP contribution in [0.4, 0.5) is 0 Å². The molecular weight excluding hydrogens is 344 g/mol. The molecule has 5 rings (SSSR count). The Hall–Kier alpha value is -2.05. The average Bonchev–Trinajstić information content (AvgIpc) is 3.41. The zero-order valence-electron chi connectivity index (χ0n) is 15.9. The maximum absolute atomic E-state index is 12.4. The molecule has 2 aromatic heterocycles. The lowest BCUT2D eigenvalue weighted by atomic mass is 9.73. The van der Waals surface area contributed by atoms with Crippen molar-refractivity contribution >= 4 is 5.91 Å². The zero-order valence-corrected chi connectivity index (χ0v) is 15.9. The van der Waals surface area contributed by atoms with Gasteiger partial charge in [0.15, 0.2) is 5.76 Å². The SMILES string of the molecule is Cc1ccc(CN2C[C@@H]3[C@H](CNC(=O)c4occc4C)[C@H]4CC[C@]3(C2)O4)o1. The summed E-state index contributed by atoms with van der Waals surface area (Å²) >= 11 is 0. The Kier molecular flexibility index (Phi) is 3.95. The van der Waals surface area contributed by atoms with Gasteiger partial charge in [-0.25, -0.2) is 0 Å². The topological polar surface area (TPSA) is 67.9 Å². The minimum absolute atomic E-state index is 0.0394. The average molecular weight is 370 g/mol. The number of nitrogens with zero attached hydrogens (tertiary/aromatic N) is 1. The van der Waals surface area contributed by atoms with Gasteiger partial charge in [0.05, 0.1) is 24.5 Å². The molecule has 5 heterocycles. The van der Waals surface area contributed by atoms with Crippen LogP contribution in [0.25, 0.3) is 0 Å². The van der Waals surface area contributed by atoms with Gasteiger partial charge >= 0.3 is 0 Å². The highest BCUT2D eigenvalue weighted by molar-refractivity contribution is 5.92. The quantitative estimate of drug-likeness (QED) is 0.877. The number of likely N-dealkylation sites (tertiary alicyclic amines) is 1. The Morgan fingerprint density at radius 1 is 1.33 bits per heavy atom. The number of hydrogen-bond acceptors (Lipinski definition) is 5. The summed E-state index contributed by atoms with van der Waals surface area (Å²) in [5.74, 6) is 3.07. The lowest BCUT2D eigenvalue weighted by Gasteiger charge is -2.29. The molecular formula is C21H26N2O4. The van der Waals surface area contributed by atoms with Gasteiger partial charge in [-0.15, -0.1) is 0 Å². The van der Waals surface area contributed by atoms with E-state index in [2.05, 4.69) is 16.3 Å². The van der Waals surface area contributed by atoms with Crippen molar-refractivity contribution in [3.05, 3.63) is 47.3 Å². The Bertz CT molecular complexity index is 856. The van der Waals surface area contributed by atoms with E-state index in [-0.39, 0.29) is 17.6 Å². The maximum Gasteiger partial charge on any atom is 0.287 e. The fraction of sp³-hybridized carbons (Fsp3) is 0.571. The molecule has 3 aliphatic heterocycles. The first-order chi connectivity index (χ1) is 13.0. The van der Waals surface area contributed by atoms with E-state index >= 15 is 0 Å². The lowest BCUT2D eigenvalue weighted by molar-refractivity contribution is 0.00166. The molecule has 2 bridgehead atoms. The van der Waals surface area contributed by atoms with Gasteiger partial charge in [0.25, 0.3) is 5.91 Å². The number of ether oxygens (including phenoxy) is 1. The van der Waals surface area contributed by atoms with Crippen LogP contribution in [0.1, 0.15) is 40.5 Å². The molecule has 4 atom stereocenters. The molecule has 0 aromatic carbocycles. The molecule has 3 fully saturated rings. The number of furan rings is 2. The van der Waals surface area contributed by atoms with E-state index in [1.807, 2.05) is 26.0 Å². The Balaban J connectivity index is 1.25. The Morgan fingerprint density at radius 3 is 2.96 bits per heavy atom. The molecule has 1 spiro atoms. The molecule has 6 nitrogen and oxygen atoms in total. The summed E-state index contributed by atoms with van der Waals surface area (Å²) < 4.78 is 17.5. The van der Waals surface area contributed by atoms with E-state index in [0.29, 0.717) is 24.1 Å². The Morgan fingerprint density at radius 2 is 2.22 bits per heavy atom. The summed E-state index contributed by atoms with van der Waals surface area (Å²) in [4.78, 5) is 14.9. The second-order valence-corrected chi connectivity index (χ2v) is 8.35. The first-order valence-corrected chi connectivity index (χ1v) is 9.82. The molecule has 0 aliphatic carbocycles. The van der Waals surface area contributed by atoms with Crippen molar-refractivity contribution in [2.45, 2.75) is 44.9 Å². The van der Waals surface area contributed by atoms with Crippen LogP contribution in [0.3, 0.4) is 0 Å². The number of carbonyl (C=O) groups is 1. The molecule has 1 amide bonds. The van der Waals surface area contributed by atoms with Crippen LogP contribution in [0.5, 0.6) is 0 Å². The predicted molar refractivity (Wildman–Crippen MR) is 98.3 cm³/mol. The molecule has 0 unspecified atom stereocenters. The van der Waals surface area contributed by atoms with Gasteiger partial charge in [-0.2, -0.15) is 0 Å². The van der Waals surface area contributed by atoms with Gasteiger partial charge in [0.2, 0.25) is 0 Å². The number of hydrogen-bond donors (Lipinski definition) is 1. The van der Waals surface area contributed by atoms with Gasteiger partial charge in [-0.1, -0.05) is 0 Å². The zero-order chi connectivity index (χ0) is 18.6. The lowest BCUT2D eigenvalue weighted by Crippen LogP contribution is -2.41. The number of amides is 1. The molecule has 1 N–H and O–H groups in total. The van der Waals surface area contributed by atoms with E-state index in [1.165, 1.54) is 0 Å². The molecule has 27 heavy (non-hydrogen) atoms. The van der Waals surface area contributed by atoms with Crippen LogP contribution >= 0.6 is 0 Å². The van der Waals surface area contributed by atoms with Crippen LogP contribution in [-0.4, -0.2) is 42.1 Å². The summed E-state index contributed by atoms with van der Waals surface area (Å²) in [6, 6.07) is 5.89. The summed E-state index contributed by atoms with van der Waals surface area (Å²) in [5, 5.41) is 3.08. The summed E-state index contributed by atoms with van der Waals surface area (Å²) in [6.45, 7) is 7.28. The van der Waals surface area contributed by atoms with Crippen LogP contribution in [0, 0.1) is 25.7 Å². The standard InChI is InChI=1S/C21H26N2O4/c1-13-6-8-25-19(13)20(24)22-9-16-17-11-23(10-15-4-3-14(2)26-15)12-21(17)7-5-18(16)27-21/h3-4,6,8,16-18H,5,7,9-12H2,1-2H3,(H,22,24)/t16-,17+,18+,21+/m0/s1. The van der Waals surface area contributed by atoms with Crippen molar-refractivity contribution in [3.8, 4) is 0 Å². The van der Waals surface area contributed by atoms with Crippen LogP contribution in [0.15, 0.2) is 33.3 Å². The fourth-order valence-corrected chi connectivity index (χ4v) is 5.37. The number of aryl methyl sites for hydroxylation is 2. The minimum Gasteiger partial charge on any atom is -0.465 e. The fourth-order valence-electron chi connectivity index (χ4n) is 5.37.